The van der Waals surface area contributed by atoms with Crippen molar-refractivity contribution in [1.82, 2.24) is 5.43 Å². The van der Waals surface area contributed by atoms with E-state index in [9.17, 15) is 19.7 Å². The molecular weight excluding hydrogens is 460 g/mol. The number of nitrogens with one attached hydrogen (secondary N) is 2. The van der Waals surface area contributed by atoms with Gasteiger partial charge in [0.2, 0.25) is 5.91 Å². The number of amides is 2. The summed E-state index contributed by atoms with van der Waals surface area (Å²) in [6, 6.07) is 12.6. The van der Waals surface area contributed by atoms with Gasteiger partial charge < -0.3 is 9.73 Å². The van der Waals surface area contributed by atoms with Crippen molar-refractivity contribution in [3.63, 3.8) is 0 Å². The molecule has 0 atom stereocenters. The van der Waals surface area contributed by atoms with E-state index in [1.54, 1.807) is 31.2 Å². The number of nitrogens with zero attached hydrogens (tertiary/aromatic N) is 2. The summed E-state index contributed by atoms with van der Waals surface area (Å²) in [5.74, 6) is 0.101. The summed E-state index contributed by atoms with van der Waals surface area (Å²) in [6.07, 6.45) is 2.09. The zero-order valence-electron chi connectivity index (χ0n) is 18.3. The zero-order valence-corrected chi connectivity index (χ0v) is 19.0. The highest BCUT2D eigenvalue weighted by Crippen LogP contribution is 2.30. The molecule has 0 radical (unpaired) electrons. The van der Waals surface area contributed by atoms with Crippen molar-refractivity contribution in [3.05, 3.63) is 91.9 Å². The van der Waals surface area contributed by atoms with Crippen LogP contribution in [0.25, 0.3) is 0 Å². The van der Waals surface area contributed by atoms with E-state index in [2.05, 4.69) is 15.8 Å². The number of nitro groups is 1. The molecule has 1 heterocycles. The molecule has 0 unspecified atom stereocenters. The van der Waals surface area contributed by atoms with E-state index in [0.29, 0.717) is 46.2 Å². The molecule has 2 amide bonds. The largest absolute Gasteiger partial charge is 0.455 e. The Bertz CT molecular complexity index is 1300. The van der Waals surface area contributed by atoms with Crippen LogP contribution in [0, 0.1) is 17.0 Å². The van der Waals surface area contributed by atoms with Gasteiger partial charge in [0.05, 0.1) is 17.1 Å². The molecule has 0 saturated heterocycles. The second-order valence-electron chi connectivity index (χ2n) is 7.87. The van der Waals surface area contributed by atoms with Gasteiger partial charge in [-0.25, -0.2) is 5.43 Å². The number of hydrazone groups is 1. The summed E-state index contributed by atoms with van der Waals surface area (Å²) >= 11 is 5.99. The maximum atomic E-state index is 12.8. The van der Waals surface area contributed by atoms with Crippen molar-refractivity contribution in [2.75, 3.05) is 5.32 Å². The van der Waals surface area contributed by atoms with Crippen LogP contribution in [-0.2, 0) is 17.6 Å². The van der Waals surface area contributed by atoms with Crippen molar-refractivity contribution in [2.24, 2.45) is 5.10 Å². The Morgan fingerprint density at radius 1 is 1.18 bits per heavy atom. The predicted molar refractivity (Wildman–Crippen MR) is 127 cm³/mol. The van der Waals surface area contributed by atoms with Gasteiger partial charge in [-0.1, -0.05) is 29.8 Å². The standard InChI is InChI=1S/C24H21ClN4O5/c1-14-22-19(27-28-21(30)12-15-8-10-18(11-9-15)29(32)33)6-3-7-20(22)34-23(14)24(31)26-17-5-2-4-16(25)13-17/h2,4-5,8-11,13H,3,6-7,12H2,1H3,(H,26,31)(H,28,30)/b27-19+. The number of hydrogen-bond acceptors (Lipinski definition) is 6. The molecule has 0 spiro atoms. The number of carbonyl (C=O) groups excluding carboxylic acids is 2. The lowest BCUT2D eigenvalue weighted by molar-refractivity contribution is -0.384. The average Bonchev–Trinajstić information content (AvgIpc) is 3.15. The minimum absolute atomic E-state index is 0.0271. The van der Waals surface area contributed by atoms with Gasteiger partial charge in [0.15, 0.2) is 5.76 Å². The van der Waals surface area contributed by atoms with Gasteiger partial charge >= 0.3 is 0 Å². The molecule has 2 N–H and O–H groups in total. The number of rotatable bonds is 6. The third-order valence-corrected chi connectivity index (χ3v) is 5.68. The lowest BCUT2D eigenvalue weighted by Gasteiger charge is -2.13. The molecule has 9 nitrogen and oxygen atoms in total. The van der Waals surface area contributed by atoms with Crippen LogP contribution in [0.4, 0.5) is 11.4 Å². The highest BCUT2D eigenvalue weighted by atomic mass is 35.5. The van der Waals surface area contributed by atoms with Crippen LogP contribution in [0.15, 0.2) is 58.0 Å². The molecule has 2 aromatic carbocycles. The number of aryl methyl sites for hydroxylation is 1. The number of anilines is 1. The third kappa shape index (κ3) is 5.15. The number of hydrogen-bond donors (Lipinski definition) is 2. The predicted octanol–water partition coefficient (Wildman–Crippen LogP) is 4.80. The molecule has 1 aromatic heterocycles. The fraction of sp³-hybridized carbons (Fsp3) is 0.208. The smallest absolute Gasteiger partial charge is 0.291 e. The van der Waals surface area contributed by atoms with Crippen LogP contribution in [-0.4, -0.2) is 22.4 Å². The van der Waals surface area contributed by atoms with E-state index in [1.165, 1.54) is 24.3 Å². The molecule has 1 aliphatic rings. The Balaban J connectivity index is 1.48. The van der Waals surface area contributed by atoms with Crippen LogP contribution in [0.1, 0.15) is 45.8 Å². The molecule has 174 valence electrons. The van der Waals surface area contributed by atoms with Crippen LogP contribution in [0.5, 0.6) is 0 Å². The van der Waals surface area contributed by atoms with Crippen molar-refractivity contribution < 1.29 is 18.9 Å². The maximum absolute atomic E-state index is 12.8. The van der Waals surface area contributed by atoms with Crippen molar-refractivity contribution in [1.29, 1.82) is 0 Å². The molecule has 34 heavy (non-hydrogen) atoms. The first-order chi connectivity index (χ1) is 16.3. The molecular formula is C24H21ClN4O5. The number of furan rings is 1. The third-order valence-electron chi connectivity index (χ3n) is 5.44. The van der Waals surface area contributed by atoms with Crippen LogP contribution < -0.4 is 10.7 Å². The number of nitro benzene ring substituents is 1. The van der Waals surface area contributed by atoms with E-state index in [4.69, 9.17) is 16.0 Å². The lowest BCUT2D eigenvalue weighted by atomic mass is 9.93. The highest BCUT2D eigenvalue weighted by molar-refractivity contribution is 6.31. The molecule has 0 fully saturated rings. The number of carbonyl (C=O) groups is 2. The first kappa shape index (κ1) is 23.2. The van der Waals surface area contributed by atoms with Crippen molar-refractivity contribution in [3.8, 4) is 0 Å². The second kappa shape index (κ2) is 9.88. The summed E-state index contributed by atoms with van der Waals surface area (Å²) < 4.78 is 5.87. The summed E-state index contributed by atoms with van der Waals surface area (Å²) in [5.41, 5.74) is 5.72. The zero-order chi connectivity index (χ0) is 24.2. The minimum atomic E-state index is -0.493. The van der Waals surface area contributed by atoms with Crippen LogP contribution >= 0.6 is 11.6 Å². The van der Waals surface area contributed by atoms with Gasteiger partial charge in [-0.3, -0.25) is 19.7 Å². The average molecular weight is 481 g/mol. The molecule has 10 heteroatoms. The molecule has 4 rings (SSSR count). The Morgan fingerprint density at radius 3 is 2.65 bits per heavy atom. The SMILES string of the molecule is Cc1c(C(=O)Nc2cccc(Cl)c2)oc2c1/C(=N/NC(=O)Cc1ccc([N+](=O)[O-])cc1)CCC2. The van der Waals surface area contributed by atoms with E-state index in [1.807, 2.05) is 0 Å². The monoisotopic (exact) mass is 480 g/mol. The van der Waals surface area contributed by atoms with Crippen molar-refractivity contribution in [2.45, 2.75) is 32.6 Å². The van der Waals surface area contributed by atoms with E-state index >= 15 is 0 Å². The van der Waals surface area contributed by atoms with Gasteiger partial charge in [0.1, 0.15) is 5.76 Å². The normalized spacial score (nSPS) is 13.9. The first-order valence-corrected chi connectivity index (χ1v) is 11.0. The van der Waals surface area contributed by atoms with Gasteiger partial charge in [-0.2, -0.15) is 5.10 Å². The van der Waals surface area contributed by atoms with Crippen LogP contribution in [0.3, 0.4) is 0 Å². The van der Waals surface area contributed by atoms with Crippen molar-refractivity contribution >= 4 is 40.5 Å². The topological polar surface area (TPSA) is 127 Å². The molecule has 0 aliphatic heterocycles. The molecule has 0 bridgehead atoms. The molecule has 1 aliphatic carbocycles. The maximum Gasteiger partial charge on any atom is 0.291 e. The van der Waals surface area contributed by atoms with Gasteiger partial charge in [0.25, 0.3) is 11.6 Å². The summed E-state index contributed by atoms with van der Waals surface area (Å²) in [4.78, 5) is 35.4. The Morgan fingerprint density at radius 2 is 1.94 bits per heavy atom. The Kier molecular flexibility index (Phi) is 6.74. The lowest BCUT2D eigenvalue weighted by Crippen LogP contribution is -2.23. The fourth-order valence-corrected chi connectivity index (χ4v) is 4.03. The minimum Gasteiger partial charge on any atom is -0.455 e. The van der Waals surface area contributed by atoms with Gasteiger partial charge in [0, 0.05) is 40.4 Å². The number of non-ortho nitro benzene ring substituents is 1. The van der Waals surface area contributed by atoms with Gasteiger partial charge in [-0.15, -0.1) is 0 Å². The summed E-state index contributed by atoms with van der Waals surface area (Å²) in [6.45, 7) is 1.79. The quantitative estimate of drug-likeness (QED) is 0.387. The summed E-state index contributed by atoms with van der Waals surface area (Å²) in [7, 11) is 0. The number of fused-ring (bicyclic) bond motifs is 1. The number of benzene rings is 2. The molecule has 3 aromatic rings. The van der Waals surface area contributed by atoms with Crippen LogP contribution in [0.2, 0.25) is 5.02 Å². The van der Waals surface area contributed by atoms with E-state index in [-0.39, 0.29) is 23.8 Å². The Labute approximate surface area is 199 Å². The summed E-state index contributed by atoms with van der Waals surface area (Å²) in [5, 5.41) is 18.3. The van der Waals surface area contributed by atoms with E-state index in [0.717, 1.165) is 12.0 Å². The highest BCUT2D eigenvalue weighted by Gasteiger charge is 2.28. The second-order valence-corrected chi connectivity index (χ2v) is 8.30. The fourth-order valence-electron chi connectivity index (χ4n) is 3.84. The first-order valence-electron chi connectivity index (χ1n) is 10.6. The number of halogens is 1. The van der Waals surface area contributed by atoms with E-state index < -0.39 is 10.8 Å². The van der Waals surface area contributed by atoms with Gasteiger partial charge in [-0.05, 0) is 43.5 Å². The Hall–Kier alpha value is -3.98. The molecule has 0 saturated carbocycles.